The lowest BCUT2D eigenvalue weighted by Gasteiger charge is -2.42. The van der Waals surface area contributed by atoms with Crippen molar-refractivity contribution in [3.8, 4) is 0 Å². The minimum absolute atomic E-state index is 0.163. The Morgan fingerprint density at radius 2 is 1.94 bits per heavy atom. The van der Waals surface area contributed by atoms with Crippen LogP contribution in [0.2, 0.25) is 0 Å². The molecular weight excluding hydrogens is 222 g/mol. The topological polar surface area (TPSA) is 20.3 Å². The second kappa shape index (κ2) is 5.66. The highest BCUT2D eigenvalue weighted by atomic mass is 16.1. The van der Waals surface area contributed by atoms with E-state index in [4.69, 9.17) is 0 Å². The van der Waals surface area contributed by atoms with E-state index in [1.54, 1.807) is 0 Å². The number of nitrogens with zero attached hydrogens (tertiary/aromatic N) is 1. The Balaban J connectivity index is 2.21. The molecule has 1 saturated heterocycles. The summed E-state index contributed by atoms with van der Waals surface area (Å²) in [6.45, 7) is 7.38. The summed E-state index contributed by atoms with van der Waals surface area (Å²) >= 11 is 0. The van der Waals surface area contributed by atoms with Crippen molar-refractivity contribution < 1.29 is 4.79 Å². The van der Waals surface area contributed by atoms with Gasteiger partial charge in [-0.25, -0.2) is 0 Å². The van der Waals surface area contributed by atoms with Gasteiger partial charge in [-0.05, 0) is 18.9 Å². The van der Waals surface area contributed by atoms with Crippen molar-refractivity contribution in [2.75, 3.05) is 6.54 Å². The number of rotatable bonds is 3. The molecule has 3 unspecified atom stereocenters. The summed E-state index contributed by atoms with van der Waals surface area (Å²) in [4.78, 5) is 14.3. The number of hydrogen-bond donors (Lipinski definition) is 0. The standard InChI is InChI=1S/C16H23NO/c1-4-15(14-8-6-5-7-9-14)17-11-10-16(18)12(2)13(17)3/h5-9,12-13,15H,4,10-11H2,1-3H3. The molecule has 1 aromatic rings. The maximum absolute atomic E-state index is 11.8. The van der Waals surface area contributed by atoms with E-state index >= 15 is 0 Å². The molecule has 2 rings (SSSR count). The van der Waals surface area contributed by atoms with Gasteiger partial charge in [-0.15, -0.1) is 0 Å². The van der Waals surface area contributed by atoms with Gasteiger partial charge in [0.25, 0.3) is 0 Å². The van der Waals surface area contributed by atoms with Crippen LogP contribution in [0.1, 0.15) is 45.2 Å². The van der Waals surface area contributed by atoms with Gasteiger partial charge in [0.15, 0.2) is 0 Å². The molecule has 1 aliphatic rings. The number of Topliss-reactive ketones (excluding diaryl/α,β-unsaturated/α-hetero) is 1. The molecule has 0 bridgehead atoms. The van der Waals surface area contributed by atoms with E-state index in [-0.39, 0.29) is 5.92 Å². The highest BCUT2D eigenvalue weighted by Gasteiger charge is 2.34. The van der Waals surface area contributed by atoms with E-state index in [0.717, 1.165) is 13.0 Å². The summed E-state index contributed by atoms with van der Waals surface area (Å²) in [6.07, 6.45) is 1.80. The minimum atomic E-state index is 0.163. The molecule has 18 heavy (non-hydrogen) atoms. The van der Waals surface area contributed by atoms with Gasteiger partial charge in [0.1, 0.15) is 5.78 Å². The summed E-state index contributed by atoms with van der Waals surface area (Å²) in [5.74, 6) is 0.582. The molecule has 1 aliphatic heterocycles. The number of carbonyl (C=O) groups excluding carboxylic acids is 1. The van der Waals surface area contributed by atoms with Gasteiger partial charge in [-0.1, -0.05) is 44.2 Å². The fourth-order valence-electron chi connectivity index (χ4n) is 3.00. The Bertz CT molecular complexity index is 401. The zero-order valence-electron chi connectivity index (χ0n) is 11.6. The Kier molecular flexibility index (Phi) is 4.18. The Labute approximate surface area is 110 Å². The van der Waals surface area contributed by atoms with Crippen molar-refractivity contribution in [1.29, 1.82) is 0 Å². The highest BCUT2D eigenvalue weighted by Crippen LogP contribution is 2.31. The third-order valence-electron chi connectivity index (χ3n) is 4.34. The van der Waals surface area contributed by atoms with Crippen LogP contribution in [0.15, 0.2) is 30.3 Å². The summed E-state index contributed by atoms with van der Waals surface area (Å²) in [5, 5.41) is 0. The molecule has 2 heteroatoms. The zero-order valence-corrected chi connectivity index (χ0v) is 11.6. The Morgan fingerprint density at radius 1 is 1.28 bits per heavy atom. The van der Waals surface area contributed by atoms with Gasteiger partial charge in [0.05, 0.1) is 0 Å². The maximum atomic E-state index is 11.8. The van der Waals surface area contributed by atoms with Gasteiger partial charge in [-0.2, -0.15) is 0 Å². The van der Waals surface area contributed by atoms with Gasteiger partial charge in [0, 0.05) is 31.0 Å². The number of carbonyl (C=O) groups is 1. The highest BCUT2D eigenvalue weighted by molar-refractivity contribution is 5.82. The largest absolute Gasteiger partial charge is 0.299 e. The van der Waals surface area contributed by atoms with E-state index in [1.807, 2.05) is 0 Å². The molecule has 0 N–H and O–H groups in total. The lowest BCUT2D eigenvalue weighted by Crippen LogP contribution is -2.48. The van der Waals surface area contributed by atoms with Crippen molar-refractivity contribution in [2.24, 2.45) is 5.92 Å². The van der Waals surface area contributed by atoms with Crippen molar-refractivity contribution in [3.63, 3.8) is 0 Å². The SMILES string of the molecule is CCC(c1ccccc1)N1CCC(=O)C(C)C1C. The van der Waals surface area contributed by atoms with E-state index in [2.05, 4.69) is 56.0 Å². The van der Waals surface area contributed by atoms with Crippen LogP contribution >= 0.6 is 0 Å². The van der Waals surface area contributed by atoms with Crippen LogP contribution in [0.4, 0.5) is 0 Å². The van der Waals surface area contributed by atoms with E-state index < -0.39 is 0 Å². The molecule has 0 spiro atoms. The molecule has 98 valence electrons. The average Bonchev–Trinajstić information content (AvgIpc) is 2.41. The predicted octanol–water partition coefficient (Wildman–Crippen LogP) is 3.44. The summed E-state index contributed by atoms with van der Waals surface area (Å²) in [7, 11) is 0. The fraction of sp³-hybridized carbons (Fsp3) is 0.562. The first-order valence-electron chi connectivity index (χ1n) is 6.98. The fourth-order valence-corrected chi connectivity index (χ4v) is 3.00. The van der Waals surface area contributed by atoms with E-state index in [9.17, 15) is 4.79 Å². The quantitative estimate of drug-likeness (QED) is 0.813. The molecule has 3 atom stereocenters. The molecule has 1 fully saturated rings. The zero-order chi connectivity index (χ0) is 13.1. The first kappa shape index (κ1) is 13.3. The average molecular weight is 245 g/mol. The van der Waals surface area contributed by atoms with Crippen LogP contribution in [0.3, 0.4) is 0 Å². The summed E-state index contributed by atoms with van der Waals surface area (Å²) in [5.41, 5.74) is 1.37. The first-order valence-corrected chi connectivity index (χ1v) is 6.98. The third kappa shape index (κ3) is 2.49. The van der Waals surface area contributed by atoms with E-state index in [0.29, 0.717) is 24.3 Å². The molecule has 1 heterocycles. The second-order valence-electron chi connectivity index (χ2n) is 5.32. The van der Waals surface area contributed by atoms with Crippen LogP contribution in [-0.4, -0.2) is 23.3 Å². The maximum Gasteiger partial charge on any atom is 0.138 e. The molecule has 0 radical (unpaired) electrons. The van der Waals surface area contributed by atoms with Crippen LogP contribution in [0.5, 0.6) is 0 Å². The van der Waals surface area contributed by atoms with E-state index in [1.165, 1.54) is 5.56 Å². The third-order valence-corrected chi connectivity index (χ3v) is 4.34. The smallest absolute Gasteiger partial charge is 0.138 e. The number of ketones is 1. The molecule has 1 aromatic carbocycles. The lowest BCUT2D eigenvalue weighted by molar-refractivity contribution is -0.128. The monoisotopic (exact) mass is 245 g/mol. The molecule has 0 saturated carbocycles. The lowest BCUT2D eigenvalue weighted by atomic mass is 9.87. The summed E-state index contributed by atoms with van der Waals surface area (Å²) < 4.78 is 0. The molecule has 2 nitrogen and oxygen atoms in total. The van der Waals surface area contributed by atoms with Gasteiger partial charge >= 0.3 is 0 Å². The molecule has 0 aromatic heterocycles. The van der Waals surface area contributed by atoms with Crippen LogP contribution in [0, 0.1) is 5.92 Å². The predicted molar refractivity (Wildman–Crippen MR) is 74.4 cm³/mol. The minimum Gasteiger partial charge on any atom is -0.299 e. The Hall–Kier alpha value is -1.15. The van der Waals surface area contributed by atoms with Gasteiger partial charge in [-0.3, -0.25) is 9.69 Å². The van der Waals surface area contributed by atoms with Gasteiger partial charge in [0.2, 0.25) is 0 Å². The molecule has 0 aliphatic carbocycles. The first-order chi connectivity index (χ1) is 8.65. The number of hydrogen-bond acceptors (Lipinski definition) is 2. The number of likely N-dealkylation sites (tertiary alicyclic amines) is 1. The van der Waals surface area contributed by atoms with Gasteiger partial charge < -0.3 is 0 Å². The van der Waals surface area contributed by atoms with Crippen molar-refractivity contribution in [1.82, 2.24) is 4.90 Å². The normalized spacial score (nSPS) is 27.2. The number of piperidine rings is 1. The van der Waals surface area contributed by atoms with Crippen LogP contribution < -0.4 is 0 Å². The van der Waals surface area contributed by atoms with Crippen LogP contribution in [0.25, 0.3) is 0 Å². The molecular formula is C16H23NO. The van der Waals surface area contributed by atoms with Crippen molar-refractivity contribution in [2.45, 2.75) is 45.7 Å². The Morgan fingerprint density at radius 3 is 2.56 bits per heavy atom. The second-order valence-corrected chi connectivity index (χ2v) is 5.32. The molecule has 0 amide bonds. The van der Waals surface area contributed by atoms with Crippen molar-refractivity contribution >= 4 is 5.78 Å². The summed E-state index contributed by atoms with van der Waals surface area (Å²) in [6, 6.07) is 11.4. The van der Waals surface area contributed by atoms with Crippen molar-refractivity contribution in [3.05, 3.63) is 35.9 Å². The number of benzene rings is 1. The van der Waals surface area contributed by atoms with Crippen LogP contribution in [-0.2, 0) is 4.79 Å².